The molecule has 0 saturated carbocycles. The van der Waals surface area contributed by atoms with Gasteiger partial charge in [-0.15, -0.1) is 0 Å². The van der Waals surface area contributed by atoms with Crippen molar-refractivity contribution in [3.8, 4) is 0 Å². The van der Waals surface area contributed by atoms with Crippen LogP contribution in [0.25, 0.3) is 0 Å². The lowest BCUT2D eigenvalue weighted by Gasteiger charge is -2.03. The lowest BCUT2D eigenvalue weighted by molar-refractivity contribution is 0.0970. The average molecular weight is 249 g/mol. The highest BCUT2D eigenvalue weighted by Crippen LogP contribution is 2.11. The molecular formula is C12H9ClN2O2. The van der Waals surface area contributed by atoms with E-state index in [1.165, 1.54) is 17.0 Å². The van der Waals surface area contributed by atoms with Crippen molar-refractivity contribution in [1.29, 1.82) is 0 Å². The van der Waals surface area contributed by atoms with Gasteiger partial charge in [-0.3, -0.25) is 9.36 Å². The van der Waals surface area contributed by atoms with E-state index in [1.54, 1.807) is 30.3 Å². The molecule has 86 valence electrons. The molecule has 0 saturated heterocycles. The van der Waals surface area contributed by atoms with Crippen LogP contribution in [-0.4, -0.2) is 15.3 Å². The van der Waals surface area contributed by atoms with Crippen molar-refractivity contribution in [2.24, 2.45) is 0 Å². The fourth-order valence-electron chi connectivity index (χ4n) is 1.42. The lowest BCUT2D eigenvalue weighted by atomic mass is 10.1. The highest BCUT2D eigenvalue weighted by atomic mass is 35.5. The minimum atomic E-state index is -0.442. The van der Waals surface area contributed by atoms with Crippen LogP contribution in [0.2, 0.25) is 5.02 Å². The number of hydrogen-bond acceptors (Lipinski definition) is 3. The van der Waals surface area contributed by atoms with E-state index in [1.807, 2.05) is 0 Å². The molecule has 0 N–H and O–H groups in total. The number of Topliss-reactive ketones (excluding diaryl/α,β-unsaturated/α-hetero) is 1. The van der Waals surface area contributed by atoms with Gasteiger partial charge in [-0.05, 0) is 18.2 Å². The number of benzene rings is 1. The standard InChI is InChI=1S/C12H9ClN2O2/c13-10-4-1-3-9(7-10)11(16)8-15-6-2-5-14-12(15)17/h1-7H,8H2. The molecule has 2 aromatic rings. The fraction of sp³-hybridized carbons (Fsp3) is 0.0833. The Morgan fingerprint density at radius 3 is 2.88 bits per heavy atom. The van der Waals surface area contributed by atoms with E-state index in [-0.39, 0.29) is 12.3 Å². The zero-order valence-corrected chi connectivity index (χ0v) is 9.59. The van der Waals surface area contributed by atoms with Crippen molar-refractivity contribution in [3.63, 3.8) is 0 Å². The van der Waals surface area contributed by atoms with Gasteiger partial charge in [0.25, 0.3) is 0 Å². The number of nitrogens with zero attached hydrogens (tertiary/aromatic N) is 2. The van der Waals surface area contributed by atoms with Crippen molar-refractivity contribution in [2.75, 3.05) is 0 Å². The number of carbonyl (C=O) groups excluding carboxylic acids is 1. The number of aromatic nitrogens is 2. The quantitative estimate of drug-likeness (QED) is 0.778. The monoisotopic (exact) mass is 248 g/mol. The number of halogens is 1. The maximum atomic E-state index is 11.9. The fourth-order valence-corrected chi connectivity index (χ4v) is 1.61. The Morgan fingerprint density at radius 1 is 1.35 bits per heavy atom. The summed E-state index contributed by atoms with van der Waals surface area (Å²) in [4.78, 5) is 26.8. The summed E-state index contributed by atoms with van der Waals surface area (Å²) in [7, 11) is 0. The van der Waals surface area contributed by atoms with Gasteiger partial charge in [-0.1, -0.05) is 23.7 Å². The molecule has 1 aromatic carbocycles. The summed E-state index contributed by atoms with van der Waals surface area (Å²) < 4.78 is 1.25. The molecule has 1 aromatic heterocycles. The van der Waals surface area contributed by atoms with Crippen molar-refractivity contribution < 1.29 is 4.79 Å². The van der Waals surface area contributed by atoms with Gasteiger partial charge in [0.2, 0.25) is 0 Å². The smallest absolute Gasteiger partial charge is 0.292 e. The van der Waals surface area contributed by atoms with Crippen LogP contribution < -0.4 is 5.69 Å². The lowest BCUT2D eigenvalue weighted by Crippen LogP contribution is -2.25. The van der Waals surface area contributed by atoms with E-state index in [4.69, 9.17) is 11.6 Å². The summed E-state index contributed by atoms with van der Waals surface area (Å²) in [6.07, 6.45) is 2.92. The van der Waals surface area contributed by atoms with Crippen molar-refractivity contribution in [1.82, 2.24) is 9.55 Å². The Labute approximate surface area is 102 Å². The van der Waals surface area contributed by atoms with Gasteiger partial charge in [0.15, 0.2) is 5.78 Å². The normalized spacial score (nSPS) is 10.2. The second-order valence-corrected chi connectivity index (χ2v) is 3.90. The topological polar surface area (TPSA) is 52.0 Å². The van der Waals surface area contributed by atoms with Gasteiger partial charge >= 0.3 is 5.69 Å². The first-order valence-corrected chi connectivity index (χ1v) is 5.35. The summed E-state index contributed by atoms with van der Waals surface area (Å²) in [6.45, 7) is -0.0347. The van der Waals surface area contributed by atoms with E-state index in [0.29, 0.717) is 10.6 Å². The van der Waals surface area contributed by atoms with Gasteiger partial charge in [0, 0.05) is 23.0 Å². The largest absolute Gasteiger partial charge is 0.347 e. The Hall–Kier alpha value is -1.94. The molecule has 2 rings (SSSR count). The van der Waals surface area contributed by atoms with Crippen LogP contribution in [-0.2, 0) is 6.54 Å². The van der Waals surface area contributed by atoms with E-state index in [9.17, 15) is 9.59 Å². The van der Waals surface area contributed by atoms with Crippen LogP contribution in [0.3, 0.4) is 0 Å². The van der Waals surface area contributed by atoms with Gasteiger partial charge in [-0.2, -0.15) is 0 Å². The molecule has 0 fully saturated rings. The number of ketones is 1. The van der Waals surface area contributed by atoms with Gasteiger partial charge in [-0.25, -0.2) is 9.78 Å². The molecule has 0 amide bonds. The summed E-state index contributed by atoms with van der Waals surface area (Å²) >= 11 is 5.79. The summed E-state index contributed by atoms with van der Waals surface area (Å²) in [5, 5.41) is 0.495. The molecule has 5 heteroatoms. The van der Waals surface area contributed by atoms with Crippen molar-refractivity contribution >= 4 is 17.4 Å². The van der Waals surface area contributed by atoms with Crippen LogP contribution in [0, 0.1) is 0 Å². The second kappa shape index (κ2) is 4.93. The molecule has 1 heterocycles. The Kier molecular flexibility index (Phi) is 3.35. The number of carbonyl (C=O) groups is 1. The second-order valence-electron chi connectivity index (χ2n) is 3.46. The van der Waals surface area contributed by atoms with Crippen LogP contribution in [0.1, 0.15) is 10.4 Å². The highest BCUT2D eigenvalue weighted by Gasteiger charge is 2.07. The zero-order valence-electron chi connectivity index (χ0n) is 8.84. The van der Waals surface area contributed by atoms with Crippen LogP contribution in [0.5, 0.6) is 0 Å². The van der Waals surface area contributed by atoms with E-state index in [0.717, 1.165) is 0 Å². The molecule has 0 spiro atoms. The minimum Gasteiger partial charge on any atom is -0.292 e. The van der Waals surface area contributed by atoms with Gasteiger partial charge < -0.3 is 0 Å². The SMILES string of the molecule is O=C(Cn1cccnc1=O)c1cccc(Cl)c1. The molecular weight excluding hydrogens is 240 g/mol. The molecule has 0 atom stereocenters. The number of hydrogen-bond donors (Lipinski definition) is 0. The third kappa shape index (κ3) is 2.79. The molecule has 0 unspecified atom stereocenters. The summed E-state index contributed by atoms with van der Waals surface area (Å²) in [6, 6.07) is 8.23. The third-order valence-electron chi connectivity index (χ3n) is 2.24. The predicted molar refractivity (Wildman–Crippen MR) is 64.3 cm³/mol. The van der Waals surface area contributed by atoms with Crippen LogP contribution in [0.15, 0.2) is 47.5 Å². The molecule has 0 aliphatic rings. The Morgan fingerprint density at radius 2 is 2.18 bits per heavy atom. The first-order chi connectivity index (χ1) is 8.16. The first kappa shape index (κ1) is 11.5. The molecule has 4 nitrogen and oxygen atoms in total. The molecule has 0 aliphatic carbocycles. The Balaban J connectivity index is 2.23. The third-order valence-corrected chi connectivity index (χ3v) is 2.48. The van der Waals surface area contributed by atoms with Gasteiger partial charge in [0.1, 0.15) is 0 Å². The summed E-state index contributed by atoms with van der Waals surface area (Å²) in [5.74, 6) is -0.178. The Bertz CT molecular complexity index is 607. The maximum Gasteiger partial charge on any atom is 0.347 e. The van der Waals surface area contributed by atoms with E-state index in [2.05, 4.69) is 4.98 Å². The average Bonchev–Trinajstić information content (AvgIpc) is 2.32. The van der Waals surface area contributed by atoms with E-state index >= 15 is 0 Å². The van der Waals surface area contributed by atoms with Crippen molar-refractivity contribution in [3.05, 3.63) is 63.8 Å². The van der Waals surface area contributed by atoms with Crippen LogP contribution >= 0.6 is 11.6 Å². The predicted octanol–water partition coefficient (Wildman–Crippen LogP) is 1.78. The maximum absolute atomic E-state index is 11.9. The molecule has 0 bridgehead atoms. The minimum absolute atomic E-state index is 0.0347. The summed E-state index contributed by atoms with van der Waals surface area (Å²) in [5.41, 5.74) is 0.0381. The first-order valence-electron chi connectivity index (χ1n) is 4.97. The van der Waals surface area contributed by atoms with Crippen molar-refractivity contribution in [2.45, 2.75) is 6.54 Å². The molecule has 0 radical (unpaired) electrons. The highest BCUT2D eigenvalue weighted by molar-refractivity contribution is 6.31. The zero-order chi connectivity index (χ0) is 12.3. The number of rotatable bonds is 3. The van der Waals surface area contributed by atoms with E-state index < -0.39 is 5.69 Å². The molecule has 0 aliphatic heterocycles. The van der Waals surface area contributed by atoms with Gasteiger partial charge in [0.05, 0.1) is 6.54 Å². The van der Waals surface area contributed by atoms with Crippen LogP contribution in [0.4, 0.5) is 0 Å². The molecule has 17 heavy (non-hydrogen) atoms.